The number of hydrogen-bond donors (Lipinski definition) is 0. The number of carbonyl (C=O) groups excluding carboxylic acids is 1. The fourth-order valence-electron chi connectivity index (χ4n) is 1.86. The van der Waals surface area contributed by atoms with Crippen molar-refractivity contribution in [1.29, 1.82) is 0 Å². The number of hydrogen-bond acceptors (Lipinski definition) is 5. The minimum Gasteiger partial charge on any atom is -0.468 e. The van der Waals surface area contributed by atoms with E-state index in [-0.39, 0.29) is 16.4 Å². The van der Waals surface area contributed by atoms with E-state index in [4.69, 9.17) is 4.74 Å². The second-order valence-electron chi connectivity index (χ2n) is 4.93. The maximum Gasteiger partial charge on any atom is 0.416 e. The summed E-state index contributed by atoms with van der Waals surface area (Å²) >= 11 is 0. The molecule has 0 aliphatic heterocycles. The third-order valence-electron chi connectivity index (χ3n) is 3.14. The van der Waals surface area contributed by atoms with Crippen molar-refractivity contribution in [3.8, 4) is 11.5 Å². The lowest BCUT2D eigenvalue weighted by Crippen LogP contribution is -2.17. The lowest BCUT2D eigenvalue weighted by atomic mass is 10.2. The summed E-state index contributed by atoms with van der Waals surface area (Å²) in [6.45, 7) is 0. The van der Waals surface area contributed by atoms with Crippen LogP contribution in [0.25, 0.3) is 0 Å². The van der Waals surface area contributed by atoms with Crippen molar-refractivity contribution in [3.63, 3.8) is 0 Å². The van der Waals surface area contributed by atoms with Gasteiger partial charge in [0.25, 0.3) is 0 Å². The van der Waals surface area contributed by atoms with E-state index < -0.39 is 33.3 Å². The first-order valence-electron chi connectivity index (χ1n) is 6.86. The molecular formula is C16H13F3O5S. The van der Waals surface area contributed by atoms with Gasteiger partial charge in [0.15, 0.2) is 15.6 Å². The van der Waals surface area contributed by atoms with Gasteiger partial charge >= 0.3 is 12.1 Å². The van der Waals surface area contributed by atoms with Crippen molar-refractivity contribution in [2.75, 3.05) is 12.9 Å². The van der Waals surface area contributed by atoms with Gasteiger partial charge in [0, 0.05) is 0 Å². The monoisotopic (exact) mass is 374 g/mol. The Balaban J connectivity index is 2.11. The normalized spacial score (nSPS) is 11.8. The molecule has 0 saturated heterocycles. The number of ether oxygens (including phenoxy) is 2. The standard InChI is InChI=1S/C16H13F3O5S/c1-23-15(20)10-25(21,22)14-8-6-13(7-9-14)24-12-4-2-11(3-5-12)16(17,18)19/h2-9H,10H2,1H3. The summed E-state index contributed by atoms with van der Waals surface area (Å²) in [6, 6.07) is 9.21. The van der Waals surface area contributed by atoms with E-state index in [2.05, 4.69) is 4.74 Å². The Morgan fingerprint density at radius 2 is 1.44 bits per heavy atom. The predicted molar refractivity (Wildman–Crippen MR) is 82.0 cm³/mol. The molecule has 0 aromatic heterocycles. The summed E-state index contributed by atoms with van der Waals surface area (Å²) < 4.78 is 71.1. The Morgan fingerprint density at radius 3 is 1.88 bits per heavy atom. The fourth-order valence-corrected chi connectivity index (χ4v) is 3.01. The topological polar surface area (TPSA) is 69.7 Å². The largest absolute Gasteiger partial charge is 0.468 e. The lowest BCUT2D eigenvalue weighted by molar-refractivity contribution is -0.138. The van der Waals surface area contributed by atoms with Crippen LogP contribution in [0.15, 0.2) is 53.4 Å². The SMILES string of the molecule is COC(=O)CS(=O)(=O)c1ccc(Oc2ccc(C(F)(F)F)cc2)cc1. The predicted octanol–water partition coefficient (Wildman–Crippen LogP) is 3.44. The summed E-state index contributed by atoms with van der Waals surface area (Å²) in [6.07, 6.45) is -4.44. The summed E-state index contributed by atoms with van der Waals surface area (Å²) in [5, 5.41) is 0. The summed E-state index contributed by atoms with van der Waals surface area (Å²) in [5.41, 5.74) is -0.802. The number of rotatable bonds is 5. The van der Waals surface area contributed by atoms with Crippen molar-refractivity contribution in [2.24, 2.45) is 0 Å². The number of methoxy groups -OCH3 is 1. The number of halogens is 3. The van der Waals surface area contributed by atoms with Gasteiger partial charge in [-0.15, -0.1) is 0 Å². The van der Waals surface area contributed by atoms with Crippen molar-refractivity contribution in [2.45, 2.75) is 11.1 Å². The van der Waals surface area contributed by atoms with Crippen LogP contribution in [-0.2, 0) is 25.5 Å². The molecule has 0 spiro atoms. The van der Waals surface area contributed by atoms with Gasteiger partial charge in [0.05, 0.1) is 17.6 Å². The van der Waals surface area contributed by atoms with Gasteiger partial charge in [-0.05, 0) is 48.5 Å². The van der Waals surface area contributed by atoms with Crippen LogP contribution in [0.2, 0.25) is 0 Å². The molecule has 0 saturated carbocycles. The first-order chi connectivity index (χ1) is 11.6. The molecule has 0 fully saturated rings. The Hall–Kier alpha value is -2.55. The molecular weight excluding hydrogens is 361 g/mol. The van der Waals surface area contributed by atoms with Crippen LogP contribution in [0.4, 0.5) is 13.2 Å². The van der Waals surface area contributed by atoms with Crippen molar-refractivity contribution >= 4 is 15.8 Å². The summed E-state index contributed by atoms with van der Waals surface area (Å²) in [5.74, 6) is -1.28. The first kappa shape index (κ1) is 18.8. The maximum atomic E-state index is 12.5. The van der Waals surface area contributed by atoms with Crippen LogP contribution in [0.3, 0.4) is 0 Å². The molecule has 0 bridgehead atoms. The molecule has 0 aliphatic carbocycles. The van der Waals surface area contributed by atoms with Gasteiger partial charge < -0.3 is 9.47 Å². The van der Waals surface area contributed by atoms with Crippen LogP contribution in [0.1, 0.15) is 5.56 Å². The lowest BCUT2D eigenvalue weighted by Gasteiger charge is -2.09. The minimum absolute atomic E-state index is 0.0994. The third-order valence-corrected chi connectivity index (χ3v) is 4.74. The van der Waals surface area contributed by atoms with Crippen LogP contribution in [0.5, 0.6) is 11.5 Å². The van der Waals surface area contributed by atoms with Crippen molar-refractivity contribution in [3.05, 3.63) is 54.1 Å². The zero-order valence-corrected chi connectivity index (χ0v) is 13.7. The molecule has 25 heavy (non-hydrogen) atoms. The molecule has 134 valence electrons. The third kappa shape index (κ3) is 4.96. The van der Waals surface area contributed by atoms with Gasteiger partial charge in [0.1, 0.15) is 11.5 Å². The number of benzene rings is 2. The molecule has 0 radical (unpaired) electrons. The van der Waals surface area contributed by atoms with E-state index in [9.17, 15) is 26.4 Å². The molecule has 0 unspecified atom stereocenters. The Labute approximate surface area is 141 Å². The van der Waals surface area contributed by atoms with E-state index in [1.165, 1.54) is 24.3 Å². The van der Waals surface area contributed by atoms with E-state index in [1.54, 1.807) is 0 Å². The second-order valence-corrected chi connectivity index (χ2v) is 6.92. The van der Waals surface area contributed by atoms with Gasteiger partial charge in [-0.1, -0.05) is 0 Å². The average molecular weight is 374 g/mol. The van der Waals surface area contributed by atoms with Gasteiger partial charge in [-0.2, -0.15) is 13.2 Å². The number of esters is 1. The molecule has 5 nitrogen and oxygen atoms in total. The quantitative estimate of drug-likeness (QED) is 0.750. The van der Waals surface area contributed by atoms with E-state index in [1.807, 2.05) is 0 Å². The fraction of sp³-hybridized carbons (Fsp3) is 0.188. The molecule has 9 heteroatoms. The Bertz CT molecular complexity index is 841. The molecule has 2 rings (SSSR count). The van der Waals surface area contributed by atoms with Crippen LogP contribution in [0, 0.1) is 0 Å². The van der Waals surface area contributed by atoms with Gasteiger partial charge in [-0.3, -0.25) is 4.79 Å². The zero-order valence-electron chi connectivity index (χ0n) is 12.9. The molecule has 0 heterocycles. The number of alkyl halides is 3. The van der Waals surface area contributed by atoms with Gasteiger partial charge in [0.2, 0.25) is 0 Å². The molecule has 0 amide bonds. The minimum atomic E-state index is -4.44. The Morgan fingerprint density at radius 1 is 0.960 bits per heavy atom. The highest BCUT2D eigenvalue weighted by Gasteiger charge is 2.30. The number of sulfone groups is 1. The van der Waals surface area contributed by atoms with Crippen molar-refractivity contribution < 1.29 is 35.9 Å². The molecule has 2 aromatic rings. The Kier molecular flexibility index (Phi) is 5.36. The maximum absolute atomic E-state index is 12.5. The van der Waals surface area contributed by atoms with E-state index >= 15 is 0 Å². The van der Waals surface area contributed by atoms with Crippen LogP contribution in [-0.4, -0.2) is 27.2 Å². The highest BCUT2D eigenvalue weighted by atomic mass is 32.2. The molecule has 0 N–H and O–H groups in total. The van der Waals surface area contributed by atoms with E-state index in [0.717, 1.165) is 31.4 Å². The van der Waals surface area contributed by atoms with Crippen LogP contribution < -0.4 is 4.74 Å². The molecule has 2 aromatic carbocycles. The zero-order chi connectivity index (χ0) is 18.7. The second kappa shape index (κ2) is 7.14. The molecule has 0 aliphatic rings. The first-order valence-corrected chi connectivity index (χ1v) is 8.52. The van der Waals surface area contributed by atoms with Gasteiger partial charge in [-0.25, -0.2) is 8.42 Å². The average Bonchev–Trinajstić information content (AvgIpc) is 2.54. The van der Waals surface area contributed by atoms with Crippen molar-refractivity contribution in [1.82, 2.24) is 0 Å². The highest BCUT2D eigenvalue weighted by molar-refractivity contribution is 7.92. The number of carbonyl (C=O) groups is 1. The van der Waals surface area contributed by atoms with E-state index in [0.29, 0.717) is 0 Å². The van der Waals surface area contributed by atoms with Crippen LogP contribution >= 0.6 is 0 Å². The smallest absolute Gasteiger partial charge is 0.416 e. The summed E-state index contributed by atoms with van der Waals surface area (Å²) in [7, 11) is -2.76. The highest BCUT2D eigenvalue weighted by Crippen LogP contribution is 2.31. The summed E-state index contributed by atoms with van der Waals surface area (Å²) in [4.78, 5) is 11.0. The molecule has 0 atom stereocenters.